The van der Waals surface area contributed by atoms with Crippen LogP contribution in [0.1, 0.15) is 84.0 Å². The van der Waals surface area contributed by atoms with Crippen molar-refractivity contribution in [2.24, 2.45) is 11.3 Å². The summed E-state index contributed by atoms with van der Waals surface area (Å²) in [5, 5.41) is 3.31. The highest BCUT2D eigenvalue weighted by molar-refractivity contribution is 5.84. The molecule has 4 heteroatoms. The number of esters is 1. The van der Waals surface area contributed by atoms with Crippen molar-refractivity contribution in [3.63, 3.8) is 0 Å². The monoisotopic (exact) mass is 323 g/mol. The molecule has 0 aromatic carbocycles. The summed E-state index contributed by atoms with van der Waals surface area (Å²) in [5.41, 5.74) is -0.342. The molecule has 0 saturated heterocycles. The lowest BCUT2D eigenvalue weighted by Gasteiger charge is -2.33. The molecule has 1 amide bonds. The van der Waals surface area contributed by atoms with E-state index in [1.165, 1.54) is 26.4 Å². The van der Waals surface area contributed by atoms with Crippen LogP contribution in [0.4, 0.5) is 0 Å². The molecule has 1 atom stereocenters. The number of methoxy groups -OCH3 is 1. The highest BCUT2D eigenvalue weighted by atomic mass is 16.5. The van der Waals surface area contributed by atoms with E-state index < -0.39 is 0 Å². The molecule has 1 unspecified atom stereocenters. The average molecular weight is 323 g/mol. The number of carbonyl (C=O) groups is 2. The van der Waals surface area contributed by atoms with E-state index in [9.17, 15) is 9.59 Å². The summed E-state index contributed by atoms with van der Waals surface area (Å²) in [6.45, 7) is 2.08. The first-order valence-corrected chi connectivity index (χ1v) is 9.50. The Morgan fingerprint density at radius 1 is 1.13 bits per heavy atom. The van der Waals surface area contributed by atoms with E-state index in [2.05, 4.69) is 12.2 Å². The van der Waals surface area contributed by atoms with Gasteiger partial charge in [0.1, 0.15) is 0 Å². The van der Waals surface area contributed by atoms with Crippen molar-refractivity contribution in [3.8, 4) is 0 Å². The van der Waals surface area contributed by atoms with E-state index in [0.717, 1.165) is 51.4 Å². The first kappa shape index (κ1) is 18.3. The molecule has 0 aliphatic heterocycles. The lowest BCUT2D eigenvalue weighted by Crippen LogP contribution is -2.46. The van der Waals surface area contributed by atoms with Gasteiger partial charge in [0.15, 0.2) is 0 Å². The summed E-state index contributed by atoms with van der Waals surface area (Å²) in [7, 11) is 1.45. The Hall–Kier alpha value is -1.06. The van der Waals surface area contributed by atoms with Crippen LogP contribution < -0.4 is 5.32 Å². The van der Waals surface area contributed by atoms with E-state index in [4.69, 9.17) is 4.74 Å². The molecular formula is C19H33NO3. The van der Waals surface area contributed by atoms with Crippen molar-refractivity contribution < 1.29 is 14.3 Å². The van der Waals surface area contributed by atoms with Gasteiger partial charge in [-0.3, -0.25) is 9.59 Å². The summed E-state index contributed by atoms with van der Waals surface area (Å²) < 4.78 is 4.98. The van der Waals surface area contributed by atoms with Gasteiger partial charge in [-0.1, -0.05) is 45.4 Å². The van der Waals surface area contributed by atoms with Crippen LogP contribution in [0.25, 0.3) is 0 Å². The molecule has 2 saturated carbocycles. The van der Waals surface area contributed by atoms with E-state index in [1.54, 1.807) is 0 Å². The number of ether oxygens (including phenoxy) is 1. The lowest BCUT2D eigenvalue weighted by molar-refractivity contribution is -0.148. The predicted molar refractivity (Wildman–Crippen MR) is 90.9 cm³/mol. The highest BCUT2D eigenvalue weighted by Crippen LogP contribution is 2.44. The second-order valence-corrected chi connectivity index (χ2v) is 7.51. The van der Waals surface area contributed by atoms with Crippen LogP contribution in [0.2, 0.25) is 0 Å². The SMILES string of the molecule is CCCC(CC1(C(=O)NC2CCCCC2)CCCC1)C(=O)OC. The summed E-state index contributed by atoms with van der Waals surface area (Å²) >= 11 is 0. The van der Waals surface area contributed by atoms with Crippen LogP contribution in [0, 0.1) is 11.3 Å². The van der Waals surface area contributed by atoms with E-state index in [-0.39, 0.29) is 23.2 Å². The van der Waals surface area contributed by atoms with Crippen LogP contribution in [-0.2, 0) is 14.3 Å². The highest BCUT2D eigenvalue weighted by Gasteiger charge is 2.44. The van der Waals surface area contributed by atoms with Gasteiger partial charge in [0.2, 0.25) is 5.91 Å². The number of carbonyl (C=O) groups excluding carboxylic acids is 2. The second-order valence-electron chi connectivity index (χ2n) is 7.51. The zero-order valence-corrected chi connectivity index (χ0v) is 14.9. The predicted octanol–water partition coefficient (Wildman–Crippen LogP) is 3.98. The number of hydrogen-bond donors (Lipinski definition) is 1. The molecule has 0 aromatic rings. The maximum absolute atomic E-state index is 13.0. The van der Waals surface area contributed by atoms with Gasteiger partial charge in [-0.2, -0.15) is 0 Å². The van der Waals surface area contributed by atoms with Crippen LogP contribution in [-0.4, -0.2) is 25.0 Å². The topological polar surface area (TPSA) is 55.4 Å². The normalized spacial score (nSPS) is 22.5. The standard InChI is InChI=1S/C19H33NO3/c1-3-9-15(17(21)23-2)14-19(12-7-8-13-19)18(22)20-16-10-5-4-6-11-16/h15-16H,3-14H2,1-2H3,(H,20,22). The molecule has 0 radical (unpaired) electrons. The fraction of sp³-hybridized carbons (Fsp3) is 0.895. The van der Waals surface area contributed by atoms with Crippen molar-refractivity contribution >= 4 is 11.9 Å². The molecule has 0 heterocycles. The average Bonchev–Trinajstić information content (AvgIpc) is 3.04. The maximum atomic E-state index is 13.0. The Morgan fingerprint density at radius 3 is 2.35 bits per heavy atom. The van der Waals surface area contributed by atoms with E-state index >= 15 is 0 Å². The molecule has 4 nitrogen and oxygen atoms in total. The molecule has 2 aliphatic rings. The zero-order chi connectivity index (χ0) is 16.7. The molecular weight excluding hydrogens is 290 g/mol. The molecule has 0 bridgehead atoms. The van der Waals surface area contributed by atoms with Crippen LogP contribution in [0.15, 0.2) is 0 Å². The summed E-state index contributed by atoms with van der Waals surface area (Å²) in [6, 6.07) is 0.344. The Balaban J connectivity index is 2.04. The third-order valence-electron chi connectivity index (χ3n) is 5.79. The molecule has 23 heavy (non-hydrogen) atoms. The summed E-state index contributed by atoms with van der Waals surface area (Å²) in [5.74, 6) is -0.0873. The number of amides is 1. The number of nitrogens with one attached hydrogen (secondary N) is 1. The van der Waals surface area contributed by atoms with Gasteiger partial charge in [0.25, 0.3) is 0 Å². The smallest absolute Gasteiger partial charge is 0.308 e. The minimum absolute atomic E-state index is 0.139. The molecule has 0 aromatic heterocycles. The van der Waals surface area contributed by atoms with Crippen molar-refractivity contribution in [1.82, 2.24) is 5.32 Å². The molecule has 1 N–H and O–H groups in total. The number of rotatable bonds is 7. The number of hydrogen-bond acceptors (Lipinski definition) is 3. The fourth-order valence-electron chi connectivity index (χ4n) is 4.45. The van der Waals surface area contributed by atoms with Gasteiger partial charge >= 0.3 is 5.97 Å². The van der Waals surface area contributed by atoms with E-state index in [0.29, 0.717) is 12.5 Å². The Morgan fingerprint density at radius 2 is 1.78 bits per heavy atom. The minimum atomic E-state index is -0.342. The first-order chi connectivity index (χ1) is 11.1. The summed E-state index contributed by atoms with van der Waals surface area (Å²) in [6.07, 6.45) is 12.4. The minimum Gasteiger partial charge on any atom is -0.469 e. The second kappa shape index (κ2) is 8.70. The van der Waals surface area contributed by atoms with Gasteiger partial charge in [0, 0.05) is 6.04 Å². The first-order valence-electron chi connectivity index (χ1n) is 9.50. The Bertz CT molecular complexity index is 395. The van der Waals surface area contributed by atoms with Gasteiger partial charge < -0.3 is 10.1 Å². The summed E-state index contributed by atoms with van der Waals surface area (Å²) in [4.78, 5) is 25.1. The third kappa shape index (κ3) is 4.71. The quantitative estimate of drug-likeness (QED) is 0.721. The molecule has 0 spiro atoms. The van der Waals surface area contributed by atoms with Crippen LogP contribution in [0.5, 0.6) is 0 Å². The van der Waals surface area contributed by atoms with Crippen molar-refractivity contribution in [1.29, 1.82) is 0 Å². The molecule has 2 aliphatic carbocycles. The van der Waals surface area contributed by atoms with Gasteiger partial charge in [-0.15, -0.1) is 0 Å². The van der Waals surface area contributed by atoms with Gasteiger partial charge in [-0.25, -0.2) is 0 Å². The van der Waals surface area contributed by atoms with Crippen molar-refractivity contribution in [2.75, 3.05) is 7.11 Å². The third-order valence-corrected chi connectivity index (χ3v) is 5.79. The van der Waals surface area contributed by atoms with Crippen molar-refractivity contribution in [3.05, 3.63) is 0 Å². The fourth-order valence-corrected chi connectivity index (χ4v) is 4.45. The Kier molecular flexibility index (Phi) is 6.91. The molecule has 132 valence electrons. The van der Waals surface area contributed by atoms with Crippen molar-refractivity contribution in [2.45, 2.75) is 90.0 Å². The largest absolute Gasteiger partial charge is 0.469 e. The Labute approximate surface area is 140 Å². The van der Waals surface area contributed by atoms with Gasteiger partial charge in [-0.05, 0) is 38.5 Å². The maximum Gasteiger partial charge on any atom is 0.308 e. The lowest BCUT2D eigenvalue weighted by atomic mass is 9.75. The van der Waals surface area contributed by atoms with Crippen LogP contribution in [0.3, 0.4) is 0 Å². The molecule has 2 rings (SSSR count). The van der Waals surface area contributed by atoms with E-state index in [1.807, 2.05) is 0 Å². The van der Waals surface area contributed by atoms with Gasteiger partial charge in [0.05, 0.1) is 18.4 Å². The zero-order valence-electron chi connectivity index (χ0n) is 14.9. The molecule has 2 fully saturated rings. The van der Waals surface area contributed by atoms with Crippen LogP contribution >= 0.6 is 0 Å².